The Morgan fingerprint density at radius 1 is 1.04 bits per heavy atom. The van der Waals surface area contributed by atoms with E-state index < -0.39 is 15.9 Å². The molecule has 2 fully saturated rings. The normalized spacial score (nSPS) is 18.4. The van der Waals surface area contributed by atoms with Crippen LogP contribution in [0.5, 0.6) is 0 Å². The Kier molecular flexibility index (Phi) is 5.15. The first-order valence-corrected chi connectivity index (χ1v) is 11.7. The lowest BCUT2D eigenvalue weighted by molar-refractivity contribution is 0.111. The smallest absolute Gasteiger partial charge is 0.318 e. The SMILES string of the molecule is CS(=O)(=O)c1cccc(C(NC(=O)N2CC(CC3CC3)C2)c2ccccc2)c1. The first kappa shape index (κ1) is 19.0. The second-order valence-corrected chi connectivity index (χ2v) is 10.1. The van der Waals surface area contributed by atoms with Crippen molar-refractivity contribution in [2.24, 2.45) is 11.8 Å². The molecule has 1 atom stereocenters. The molecule has 6 heteroatoms. The summed E-state index contributed by atoms with van der Waals surface area (Å²) in [7, 11) is -3.32. The molecule has 0 spiro atoms. The van der Waals surface area contributed by atoms with E-state index in [9.17, 15) is 13.2 Å². The van der Waals surface area contributed by atoms with E-state index in [1.165, 1.54) is 25.5 Å². The summed E-state index contributed by atoms with van der Waals surface area (Å²) in [5.41, 5.74) is 1.69. The first-order chi connectivity index (χ1) is 13.4. The molecule has 1 saturated heterocycles. The van der Waals surface area contributed by atoms with Crippen molar-refractivity contribution < 1.29 is 13.2 Å². The third kappa shape index (κ3) is 4.38. The molecule has 2 aromatic carbocycles. The van der Waals surface area contributed by atoms with Gasteiger partial charge in [0.15, 0.2) is 9.84 Å². The molecule has 148 valence electrons. The molecule has 2 amide bonds. The van der Waals surface area contributed by atoms with Crippen LogP contribution < -0.4 is 5.32 Å². The number of sulfone groups is 1. The Morgan fingerprint density at radius 2 is 1.71 bits per heavy atom. The molecule has 1 saturated carbocycles. The lowest BCUT2D eigenvalue weighted by atomic mass is 9.94. The van der Waals surface area contributed by atoms with Crippen molar-refractivity contribution in [3.05, 3.63) is 65.7 Å². The average Bonchev–Trinajstić information content (AvgIpc) is 3.46. The van der Waals surface area contributed by atoms with Crippen molar-refractivity contribution in [3.8, 4) is 0 Å². The van der Waals surface area contributed by atoms with Crippen molar-refractivity contribution in [2.75, 3.05) is 19.3 Å². The molecule has 1 heterocycles. The van der Waals surface area contributed by atoms with Gasteiger partial charge in [0.05, 0.1) is 10.9 Å². The van der Waals surface area contributed by atoms with Crippen molar-refractivity contribution in [1.29, 1.82) is 0 Å². The van der Waals surface area contributed by atoms with Gasteiger partial charge in [-0.05, 0) is 41.5 Å². The highest BCUT2D eigenvalue weighted by Crippen LogP contribution is 2.38. The van der Waals surface area contributed by atoms with Crippen LogP contribution in [0.25, 0.3) is 0 Å². The van der Waals surface area contributed by atoms with Gasteiger partial charge in [0.25, 0.3) is 0 Å². The van der Waals surface area contributed by atoms with E-state index in [2.05, 4.69) is 5.32 Å². The number of benzene rings is 2. The molecule has 1 aliphatic heterocycles. The van der Waals surface area contributed by atoms with Gasteiger partial charge in [-0.15, -0.1) is 0 Å². The molecule has 1 unspecified atom stereocenters. The number of nitrogens with zero attached hydrogens (tertiary/aromatic N) is 1. The fraction of sp³-hybridized carbons (Fsp3) is 0.409. The van der Waals surface area contributed by atoms with Crippen LogP contribution in [-0.4, -0.2) is 38.7 Å². The van der Waals surface area contributed by atoms with Gasteiger partial charge in [0.1, 0.15) is 0 Å². The molecule has 0 bridgehead atoms. The van der Waals surface area contributed by atoms with Crippen LogP contribution in [0.15, 0.2) is 59.5 Å². The minimum Gasteiger partial charge on any atom is -0.327 e. The standard InChI is InChI=1S/C22H26N2O3S/c1-28(26,27)20-9-5-8-19(13-20)21(18-6-3-2-4-7-18)23-22(25)24-14-17(15-24)12-16-10-11-16/h2-9,13,16-17,21H,10-12,14-15H2,1H3,(H,23,25). The third-order valence-corrected chi connectivity index (χ3v) is 6.74. The summed E-state index contributed by atoms with van der Waals surface area (Å²) in [6.07, 6.45) is 5.12. The molecule has 4 rings (SSSR count). The van der Waals surface area contributed by atoms with Crippen LogP contribution in [0.1, 0.15) is 36.4 Å². The third-order valence-electron chi connectivity index (χ3n) is 5.63. The lowest BCUT2D eigenvalue weighted by Gasteiger charge is -2.40. The molecule has 1 N–H and O–H groups in total. The van der Waals surface area contributed by atoms with E-state index >= 15 is 0 Å². The Balaban J connectivity index is 1.52. The van der Waals surface area contributed by atoms with Gasteiger partial charge in [-0.2, -0.15) is 0 Å². The van der Waals surface area contributed by atoms with Crippen molar-refractivity contribution >= 4 is 15.9 Å². The number of likely N-dealkylation sites (tertiary alicyclic amines) is 1. The van der Waals surface area contributed by atoms with Crippen LogP contribution in [0.4, 0.5) is 4.79 Å². The Labute approximate surface area is 166 Å². The Morgan fingerprint density at radius 3 is 2.36 bits per heavy atom. The number of rotatable bonds is 6. The molecule has 28 heavy (non-hydrogen) atoms. The predicted octanol–water partition coefficient (Wildman–Crippen LogP) is 3.62. The summed E-state index contributed by atoms with van der Waals surface area (Å²) in [6, 6.07) is 16.0. The van der Waals surface area contributed by atoms with Crippen LogP contribution in [-0.2, 0) is 9.84 Å². The zero-order valence-corrected chi connectivity index (χ0v) is 16.9. The van der Waals surface area contributed by atoms with E-state index in [0.29, 0.717) is 5.92 Å². The fourth-order valence-electron chi connectivity index (χ4n) is 3.85. The van der Waals surface area contributed by atoms with Crippen molar-refractivity contribution in [1.82, 2.24) is 10.2 Å². The maximum absolute atomic E-state index is 12.8. The number of hydrogen-bond acceptors (Lipinski definition) is 3. The maximum Gasteiger partial charge on any atom is 0.318 e. The van der Waals surface area contributed by atoms with Crippen molar-refractivity contribution in [2.45, 2.75) is 30.2 Å². The number of hydrogen-bond donors (Lipinski definition) is 1. The number of amides is 2. The Hall–Kier alpha value is -2.34. The van der Waals surface area contributed by atoms with Crippen molar-refractivity contribution in [3.63, 3.8) is 0 Å². The van der Waals surface area contributed by atoms with E-state index in [1.54, 1.807) is 18.2 Å². The summed E-state index contributed by atoms with van der Waals surface area (Å²) in [5.74, 6) is 1.51. The minimum atomic E-state index is -3.32. The zero-order valence-electron chi connectivity index (χ0n) is 16.0. The van der Waals surface area contributed by atoms with Gasteiger partial charge in [0, 0.05) is 19.3 Å². The molecule has 0 radical (unpaired) electrons. The van der Waals surface area contributed by atoms with E-state index in [0.717, 1.165) is 30.1 Å². The second-order valence-electron chi connectivity index (χ2n) is 8.09. The number of carbonyl (C=O) groups is 1. The second kappa shape index (κ2) is 7.59. The van der Waals surface area contributed by atoms with Crippen LogP contribution in [0.2, 0.25) is 0 Å². The van der Waals surface area contributed by atoms with Gasteiger partial charge in [-0.3, -0.25) is 0 Å². The number of carbonyl (C=O) groups excluding carboxylic acids is 1. The minimum absolute atomic E-state index is 0.0920. The molecule has 0 aromatic heterocycles. The fourth-order valence-corrected chi connectivity index (χ4v) is 4.53. The highest BCUT2D eigenvalue weighted by Gasteiger charge is 2.35. The zero-order chi connectivity index (χ0) is 19.7. The largest absolute Gasteiger partial charge is 0.327 e. The molecule has 2 aromatic rings. The highest BCUT2D eigenvalue weighted by molar-refractivity contribution is 7.90. The van der Waals surface area contributed by atoms with Gasteiger partial charge in [-0.1, -0.05) is 55.3 Å². The summed E-state index contributed by atoms with van der Waals surface area (Å²) < 4.78 is 23.9. The monoisotopic (exact) mass is 398 g/mol. The average molecular weight is 399 g/mol. The molecule has 5 nitrogen and oxygen atoms in total. The van der Waals surface area contributed by atoms with E-state index in [4.69, 9.17) is 0 Å². The number of nitrogens with one attached hydrogen (secondary N) is 1. The molecule has 2 aliphatic rings. The van der Waals surface area contributed by atoms with Gasteiger partial charge in [0.2, 0.25) is 0 Å². The number of urea groups is 1. The Bertz CT molecular complexity index is 949. The molecular formula is C22H26N2O3S. The summed E-state index contributed by atoms with van der Waals surface area (Å²) in [6.45, 7) is 1.63. The highest BCUT2D eigenvalue weighted by atomic mass is 32.2. The van der Waals surface area contributed by atoms with Crippen LogP contribution in [0, 0.1) is 11.8 Å². The summed E-state index contributed by atoms with van der Waals surface area (Å²) in [5, 5.41) is 3.11. The predicted molar refractivity (Wildman–Crippen MR) is 109 cm³/mol. The summed E-state index contributed by atoms with van der Waals surface area (Å²) in [4.78, 5) is 14.9. The van der Waals surface area contributed by atoms with E-state index in [-0.39, 0.29) is 10.9 Å². The topological polar surface area (TPSA) is 66.5 Å². The van der Waals surface area contributed by atoms with Gasteiger partial charge < -0.3 is 10.2 Å². The quantitative estimate of drug-likeness (QED) is 0.808. The summed E-state index contributed by atoms with van der Waals surface area (Å²) >= 11 is 0. The molecule has 1 aliphatic carbocycles. The molecular weight excluding hydrogens is 372 g/mol. The van der Waals surface area contributed by atoms with Crippen LogP contribution >= 0.6 is 0 Å². The first-order valence-electron chi connectivity index (χ1n) is 9.80. The van der Waals surface area contributed by atoms with E-state index in [1.807, 2.05) is 41.3 Å². The lowest BCUT2D eigenvalue weighted by Crippen LogP contribution is -2.54. The van der Waals surface area contributed by atoms with Gasteiger partial charge >= 0.3 is 6.03 Å². The van der Waals surface area contributed by atoms with Gasteiger partial charge in [-0.25, -0.2) is 13.2 Å². The van der Waals surface area contributed by atoms with Crippen LogP contribution in [0.3, 0.4) is 0 Å². The maximum atomic E-state index is 12.8.